The van der Waals surface area contributed by atoms with Crippen LogP contribution in [0.1, 0.15) is 0 Å². The number of nitrogens with zero attached hydrogens (tertiary/aromatic N) is 6. The zero-order valence-electron chi connectivity index (χ0n) is 18.9. The summed E-state index contributed by atoms with van der Waals surface area (Å²) in [5, 5.41) is 37.5. The van der Waals surface area contributed by atoms with E-state index in [-0.39, 0.29) is 308 Å². The Bertz CT molecular complexity index is 320. The van der Waals surface area contributed by atoms with Gasteiger partial charge in [-0.25, -0.2) is 0 Å². The fourth-order valence-corrected chi connectivity index (χ4v) is 0. The predicted octanol–water partition coefficient (Wildman–Crippen LogP) is -25.3. The second kappa shape index (κ2) is 375. The van der Waals surface area contributed by atoms with Crippen LogP contribution >= 0.6 is 0 Å². The molecule has 0 radical (unpaired) electrons. The minimum absolute atomic E-state index is 0. The zero-order valence-corrected chi connectivity index (χ0v) is 44.7. The van der Waals surface area contributed by atoms with Gasteiger partial charge in [-0.3, -0.25) is 0 Å². The van der Waals surface area contributed by atoms with Crippen LogP contribution in [0.5, 0.6) is 0 Å². The summed E-state index contributed by atoms with van der Waals surface area (Å²) in [5.41, 5.74) is 0. The van der Waals surface area contributed by atoms with Crippen LogP contribution in [0, 0.1) is 71.0 Å². The Balaban J connectivity index is -0.00000000608. The van der Waals surface area contributed by atoms with Gasteiger partial charge < -0.3 is 71.0 Å². The van der Waals surface area contributed by atoms with Crippen LogP contribution in [-0.2, 0) is 114 Å². The summed E-state index contributed by atoms with van der Waals surface area (Å²) in [5.74, 6) is 0. The summed E-state index contributed by atoms with van der Waals surface area (Å²) < 4.78 is 101. The van der Waals surface area contributed by atoms with E-state index in [1.54, 1.807) is 0 Å². The van der Waals surface area contributed by atoms with Gasteiger partial charge in [-0.15, -0.1) is 0 Å². The van der Waals surface area contributed by atoms with Crippen LogP contribution in [-0.4, -0.2) is 0 Å². The van der Waals surface area contributed by atoms with E-state index in [1.165, 1.54) is 0 Å². The Labute approximate surface area is 502 Å². The predicted molar refractivity (Wildman–Crippen MR) is 33.9 cm³/mol. The molecule has 0 fully saturated rings. The number of hydrogen-bond acceptors (Lipinski definition) is 18. The molecule has 30 heteroatoms. The van der Waals surface area contributed by atoms with E-state index in [4.69, 9.17) is 119 Å². The third kappa shape index (κ3) is 1020. The quantitative estimate of drug-likeness (QED) is 0.161. The van der Waals surface area contributed by atoms with Gasteiger partial charge in [0.15, 0.2) is 0 Å². The van der Waals surface area contributed by atoms with E-state index in [9.17, 15) is 0 Å². The molecule has 0 aliphatic rings. The maximum atomic E-state index is 8.41. The first-order valence-corrected chi connectivity index (χ1v) is 8.98. The summed E-state index contributed by atoms with van der Waals surface area (Å²) in [6.45, 7) is 28.5. The SMILES string of the molecule is [C-]#N.[C-]#N.[C-]#N.[C-]#N.[C-]#N.[C-]#N.[K+].[K+].[K+].[K+].[K+].[K+].[O]=[Mn][O-].[O]=[Mn][O-].[O]=[Mn][O-].[O]=[Mn][O-].[O]=[Mn][O-].[O]=[Mn][O-]. The second-order valence-corrected chi connectivity index (χ2v) is 1.56. The number of rotatable bonds is 0. The van der Waals surface area contributed by atoms with Crippen LogP contribution in [0.3, 0.4) is 0 Å². The summed E-state index contributed by atoms with van der Waals surface area (Å²) in [4.78, 5) is 0. The molecular weight excluding hydrogens is 912 g/mol. The van der Waals surface area contributed by atoms with Gasteiger partial charge in [0, 0.05) is 0 Å². The minimum atomic E-state index is -1.44. The third-order valence-corrected chi connectivity index (χ3v) is 0. The zero-order chi connectivity index (χ0) is 28.2. The molecule has 0 aromatic carbocycles. The van der Waals surface area contributed by atoms with Gasteiger partial charge >= 0.3 is 448 Å². The van der Waals surface area contributed by atoms with Gasteiger partial charge in [-0.1, -0.05) is 0 Å². The first-order chi connectivity index (χ1) is 14.5. The van der Waals surface area contributed by atoms with Gasteiger partial charge in [-0.05, 0) is 0 Å². The first-order valence-electron chi connectivity index (χ1n) is 3.19. The third-order valence-electron chi connectivity index (χ3n) is 0. The first kappa shape index (κ1) is 120. The molecule has 0 atom stereocenters. The average molecular weight is 912 g/mol. The van der Waals surface area contributed by atoms with Crippen LogP contribution < -0.4 is 333 Å². The van der Waals surface area contributed by atoms with Gasteiger partial charge in [0.05, 0.1) is 0 Å². The Morgan fingerprint density at radius 2 is 0.278 bits per heavy atom. The van der Waals surface area contributed by atoms with E-state index in [0.717, 1.165) is 0 Å². The fourth-order valence-electron chi connectivity index (χ4n) is 0. The Morgan fingerprint density at radius 3 is 0.278 bits per heavy atom. The second-order valence-electron chi connectivity index (χ2n) is 0.378. The molecule has 0 rings (SSSR count). The van der Waals surface area contributed by atoms with E-state index < -0.39 is 91.3 Å². The van der Waals surface area contributed by atoms with Gasteiger partial charge in [0.1, 0.15) is 0 Å². The van der Waals surface area contributed by atoms with Crippen molar-refractivity contribution in [3.8, 4) is 0 Å². The Hall–Kier alpha value is 8.44. The summed E-state index contributed by atoms with van der Waals surface area (Å²) in [7, 11) is 0. The van der Waals surface area contributed by atoms with E-state index >= 15 is 0 Å². The average Bonchev–Trinajstić information content (AvgIpc) is 2.80. The van der Waals surface area contributed by atoms with Crippen molar-refractivity contribution in [2.24, 2.45) is 0 Å². The molecule has 0 saturated heterocycles. The molecule has 0 aromatic heterocycles. The van der Waals surface area contributed by atoms with E-state index in [1.807, 2.05) is 0 Å². The van der Waals surface area contributed by atoms with Crippen molar-refractivity contribution < 1.29 is 448 Å². The summed E-state index contributed by atoms with van der Waals surface area (Å²) >= 11 is -8.62. The van der Waals surface area contributed by atoms with Crippen molar-refractivity contribution in [2.75, 3.05) is 0 Å². The topological polar surface area (TPSA) is 384 Å². The monoisotopic (exact) mass is 911 g/mol. The van der Waals surface area contributed by atoms with Gasteiger partial charge in [0.2, 0.25) is 0 Å². The molecule has 180 valence electrons. The van der Waals surface area contributed by atoms with Crippen molar-refractivity contribution in [3.63, 3.8) is 0 Å². The van der Waals surface area contributed by atoms with Gasteiger partial charge in [0.25, 0.3) is 0 Å². The molecule has 0 N–H and O–H groups in total. The van der Waals surface area contributed by atoms with Crippen molar-refractivity contribution in [1.82, 2.24) is 0 Å². The summed E-state index contributed by atoms with van der Waals surface area (Å²) in [6, 6.07) is 0. The maximum absolute atomic E-state index is 8.41. The summed E-state index contributed by atoms with van der Waals surface area (Å²) in [6.07, 6.45) is 0. The molecule has 0 saturated carbocycles. The van der Waals surface area contributed by atoms with Crippen LogP contribution in [0.15, 0.2) is 0 Å². The van der Waals surface area contributed by atoms with Gasteiger partial charge in [-0.2, -0.15) is 0 Å². The van der Waals surface area contributed by atoms with Crippen molar-refractivity contribution in [3.05, 3.63) is 39.4 Å². The molecule has 0 aromatic rings. The molecule has 0 bridgehead atoms. The fraction of sp³-hybridized carbons (Fsp3) is 0. The molecule has 36 heavy (non-hydrogen) atoms. The van der Waals surface area contributed by atoms with Crippen molar-refractivity contribution in [1.29, 1.82) is 31.6 Å². The molecule has 0 unspecified atom stereocenters. The van der Waals surface area contributed by atoms with E-state index in [2.05, 4.69) is 0 Å². The molecule has 0 amide bonds. The number of hydrogen-bond donors (Lipinski definition) is 0. The molecule has 0 aliphatic carbocycles. The normalized spacial score (nSPS) is 3.17. The van der Waals surface area contributed by atoms with Crippen LogP contribution in [0.25, 0.3) is 0 Å². The molecular formula is C6K6Mn6N6O12-6. The standard InChI is InChI=1S/6CN.6K.6Mn.12O/c6*1-2;;;;;;;;;;;;;;;;;;;;;;;;/q6*-1;6*+1;;;;;;;;;;;;;6*-1. The Kier molecular flexibility index (Phi) is 1250. The van der Waals surface area contributed by atoms with E-state index in [0.29, 0.717) is 0 Å². The molecule has 0 spiro atoms. The van der Waals surface area contributed by atoms with Crippen LogP contribution in [0.2, 0.25) is 0 Å². The molecule has 18 nitrogen and oxygen atoms in total. The van der Waals surface area contributed by atoms with Crippen LogP contribution in [0.4, 0.5) is 0 Å². The molecule has 0 aliphatic heterocycles. The molecule has 0 heterocycles. The Morgan fingerprint density at radius 1 is 0.278 bits per heavy atom. The van der Waals surface area contributed by atoms with Crippen molar-refractivity contribution >= 4 is 0 Å². The van der Waals surface area contributed by atoms with Crippen molar-refractivity contribution in [2.45, 2.75) is 0 Å².